The molecule has 31 N–H and O–H groups in total. The number of amides is 19. The molecule has 0 fully saturated rings. The van der Waals surface area contributed by atoms with Crippen molar-refractivity contribution in [2.75, 3.05) is 18.8 Å². The fraction of sp³-hybridized carbons (Fsp3) is 0.505. The molecule has 0 spiro atoms. The summed E-state index contributed by atoms with van der Waals surface area (Å²) in [5.41, 5.74) is 24.3. The van der Waals surface area contributed by atoms with E-state index in [4.69, 9.17) is 22.9 Å². The van der Waals surface area contributed by atoms with Crippen LogP contribution < -0.4 is 113 Å². The average Bonchev–Trinajstić information content (AvgIpc) is 0.915. The number of phenols is 2. The first-order chi connectivity index (χ1) is 70.9. The molecule has 0 bridgehead atoms. The number of phenolic OH excluding ortho intramolecular Hbond substituents is 2. The van der Waals surface area contributed by atoms with Gasteiger partial charge in [0.2, 0.25) is 112 Å². The minimum atomic E-state index is -1.92. The first kappa shape index (κ1) is 125. The summed E-state index contributed by atoms with van der Waals surface area (Å²) < 4.78 is 0. The molecule has 50 nitrogen and oxygen atoms in total. The Bertz CT molecular complexity index is 5420. The highest BCUT2D eigenvalue weighted by Crippen LogP contribution is 2.21. The minimum Gasteiger partial charge on any atom is -0.508 e. The zero-order valence-electron chi connectivity index (χ0n) is 84.9. The summed E-state index contributed by atoms with van der Waals surface area (Å²) in [4.78, 5) is 311. The molecule has 0 aliphatic heterocycles. The van der Waals surface area contributed by atoms with Gasteiger partial charge >= 0.3 is 17.9 Å². The van der Waals surface area contributed by atoms with Gasteiger partial charge in [-0.15, -0.1) is 0 Å². The van der Waals surface area contributed by atoms with Gasteiger partial charge in [-0.25, -0.2) is 4.98 Å². The maximum atomic E-state index is 15.2. The number of thiol groups is 1. The molecule has 0 radical (unpaired) electrons. The normalized spacial score (nSPS) is 14.9. The second kappa shape index (κ2) is 63.8. The number of carbonyl (C=O) groups excluding carboxylic acids is 19. The van der Waals surface area contributed by atoms with Crippen molar-refractivity contribution in [3.8, 4) is 11.5 Å². The number of benzene rings is 4. The summed E-state index contributed by atoms with van der Waals surface area (Å²) in [5, 5.41) is 92.5. The van der Waals surface area contributed by atoms with E-state index >= 15 is 19.2 Å². The van der Waals surface area contributed by atoms with Gasteiger partial charge in [0.15, 0.2) is 0 Å². The van der Waals surface area contributed by atoms with Crippen LogP contribution in [-0.4, -0.2) is 287 Å². The molecule has 19 unspecified atom stereocenters. The number of aromatic nitrogens is 2. The first-order valence-corrected chi connectivity index (χ1v) is 49.6. The number of rotatable bonds is 67. The fourth-order valence-corrected chi connectivity index (χ4v) is 15.3. The molecule has 19 amide bonds. The molecule has 0 aliphatic rings. The van der Waals surface area contributed by atoms with Gasteiger partial charge in [-0.1, -0.05) is 139 Å². The molecule has 820 valence electrons. The van der Waals surface area contributed by atoms with Gasteiger partial charge in [0.05, 0.1) is 31.0 Å². The molecule has 1 heterocycles. The molecule has 0 saturated heterocycles. The first-order valence-electron chi connectivity index (χ1n) is 49.0. The lowest BCUT2D eigenvalue weighted by Gasteiger charge is -2.30. The van der Waals surface area contributed by atoms with Crippen LogP contribution in [0.1, 0.15) is 174 Å². The van der Waals surface area contributed by atoms with Gasteiger partial charge in [0.25, 0.3) is 0 Å². The number of nitrogens with one attached hydrogen (secondary N) is 18. The van der Waals surface area contributed by atoms with Gasteiger partial charge in [-0.05, 0) is 137 Å². The highest BCUT2D eigenvalue weighted by molar-refractivity contribution is 7.80. The maximum absolute atomic E-state index is 15.2. The number of nitrogens with zero attached hydrogens (tertiary/aromatic N) is 1. The predicted octanol–water partition coefficient (Wildman–Crippen LogP) is -4.25. The number of unbranched alkanes of at least 4 members (excludes halogenated alkanes) is 1. The van der Waals surface area contributed by atoms with E-state index in [1.807, 2.05) is 0 Å². The van der Waals surface area contributed by atoms with E-state index in [2.05, 4.69) is 113 Å². The third kappa shape index (κ3) is 44.5. The van der Waals surface area contributed by atoms with E-state index in [1.165, 1.54) is 88.8 Å². The Morgan fingerprint density at radius 3 is 1.11 bits per heavy atom. The Balaban J connectivity index is 1.40. The summed E-state index contributed by atoms with van der Waals surface area (Å²) in [6.45, 7) is 13.0. The molecule has 150 heavy (non-hydrogen) atoms. The van der Waals surface area contributed by atoms with Crippen LogP contribution in [0.2, 0.25) is 0 Å². The van der Waals surface area contributed by atoms with Crippen molar-refractivity contribution in [1.29, 1.82) is 0 Å². The lowest BCUT2D eigenvalue weighted by molar-refractivity contribution is -0.141. The van der Waals surface area contributed by atoms with E-state index in [-0.39, 0.29) is 85.7 Å². The number of aliphatic carboxylic acids is 3. The van der Waals surface area contributed by atoms with Crippen molar-refractivity contribution < 1.29 is 131 Å². The van der Waals surface area contributed by atoms with Crippen LogP contribution in [0.3, 0.4) is 0 Å². The number of carboxylic acids is 3. The second-order valence-corrected chi connectivity index (χ2v) is 37.2. The number of H-pyrrole nitrogens is 1. The van der Waals surface area contributed by atoms with Crippen LogP contribution in [0.4, 0.5) is 0 Å². The Hall–Kier alpha value is -15.7. The zero-order valence-corrected chi connectivity index (χ0v) is 85.8. The highest BCUT2D eigenvalue weighted by Gasteiger charge is 2.41. The molecule has 0 saturated carbocycles. The smallest absolute Gasteiger partial charge is 0.305 e. The standard InChI is InChI=1S/C99H141N23O27S/c1-10-52(5)81(98(148)113-67(35-38-79(129)130)89(139)117-71(43-59-25-29-62(123)30-26-59)94(144)118-72(44-60-27-31-63(124)32-28-60)93(143)116-70(42-58-22-16-13-17-23-58)87(137)105-48-77(126)109-74(46-80(131)132)96(146)114-68(83(103)133)41-57-20-14-12-15-21-57)122-91(141)65(33-36-76(102)125)111-95(145)73(45-61-47-104-50-106-61)119-97(147)75(49-150)120-99(149)82(53(6)11-2)121-90(140)64(24-18-19-39-100)110-85(135)56(9)108-88(138)66(34-37-78(127)128)112-92(142)69(40-51(3)4)115-86(136)55(8)107-84(134)54(7)101/h12-17,20-23,25-32,47,50-56,64-75,81-82,123-124,150H,10-11,18-19,24,33-46,48-49,100-101H2,1-9H3,(H2,102,125)(H2,103,133)(H,104,106)(H,105,137)(H,107,134)(H,108,138)(H,109,126)(H,110,135)(H,111,145)(H,112,142)(H,113,148)(H,114,146)(H,115,136)(H,116,143)(H,117,139)(H,118,144)(H,119,147)(H,120,149)(H,121,140)(H,122,141)(H,127,128)(H,129,130)(H,131,132). The molecule has 0 aliphatic carbocycles. The molecular formula is C99H141N23O27S. The molecule has 4 aromatic carbocycles. The molecule has 51 heteroatoms. The van der Waals surface area contributed by atoms with Crippen LogP contribution in [-0.2, 0) is 138 Å². The highest BCUT2D eigenvalue weighted by atomic mass is 32.1. The Labute approximate surface area is 871 Å². The number of carboxylic acid groups (broad SMARTS) is 3. The maximum Gasteiger partial charge on any atom is 0.305 e. The molecule has 5 rings (SSSR count). The van der Waals surface area contributed by atoms with Crippen LogP contribution in [0.25, 0.3) is 0 Å². The van der Waals surface area contributed by atoms with Crippen LogP contribution in [0.15, 0.2) is 122 Å². The summed E-state index contributed by atoms with van der Waals surface area (Å²) in [5.74, 6) is -26.8. The van der Waals surface area contributed by atoms with Gasteiger partial charge in [-0.2, -0.15) is 12.6 Å². The third-order valence-electron chi connectivity index (χ3n) is 24.0. The summed E-state index contributed by atoms with van der Waals surface area (Å²) in [7, 11) is 0. The van der Waals surface area contributed by atoms with E-state index in [9.17, 15) is 112 Å². The van der Waals surface area contributed by atoms with E-state index in [1.54, 1.807) is 95.3 Å². The molecule has 5 aromatic rings. The monoisotopic (exact) mass is 2120 g/mol. The number of hydrogen-bond acceptors (Lipinski definition) is 28. The topological polar surface area (TPSA) is 814 Å². The van der Waals surface area contributed by atoms with Gasteiger partial charge in [-0.3, -0.25) is 105 Å². The zero-order chi connectivity index (χ0) is 112. The molecule has 1 aromatic heterocycles. The van der Waals surface area contributed by atoms with E-state index in [0.717, 1.165) is 0 Å². The van der Waals surface area contributed by atoms with E-state index in [0.29, 0.717) is 17.5 Å². The SMILES string of the molecule is CCC(C)C(NC(=O)C(CCCCN)NC(=O)C(C)NC(=O)C(CCC(=O)O)NC(=O)C(CC(C)C)NC(=O)C(C)NC(=O)C(C)N)C(=O)NC(CS)C(=O)NC(Cc1c[nH]cn1)C(=O)NC(CCC(N)=O)C(=O)NC(C(=O)NC(CCC(=O)O)C(=O)NC(Cc1ccc(O)cc1)C(=O)NC(Cc1ccc(O)cc1)C(=O)NC(Cc1ccccc1)C(=O)NCC(=O)NC(CC(=O)O)C(=O)NC(Cc1ccccc1)C(N)=O)C(C)CC. The van der Waals surface area contributed by atoms with Gasteiger partial charge in [0.1, 0.15) is 108 Å². The van der Waals surface area contributed by atoms with Gasteiger partial charge in [0, 0.05) is 63.3 Å². The van der Waals surface area contributed by atoms with Crippen molar-refractivity contribution in [2.24, 2.45) is 40.7 Å². The quantitative estimate of drug-likeness (QED) is 0.0129. The number of hydrogen-bond donors (Lipinski definition) is 28. The molecule has 19 atom stereocenters. The van der Waals surface area contributed by atoms with Crippen molar-refractivity contribution in [3.63, 3.8) is 0 Å². The number of primary amides is 2. The Kier molecular flexibility index (Phi) is 53.0. The number of imidazole rings is 1. The Morgan fingerprint density at radius 2 is 0.707 bits per heavy atom. The minimum absolute atomic E-state index is 0.0130. The number of aromatic hydroxyl groups is 2. The molecular weight excluding hydrogens is 1980 g/mol. The summed E-state index contributed by atoms with van der Waals surface area (Å²) in [6.07, 6.45) is -3.35. The van der Waals surface area contributed by atoms with Gasteiger partial charge < -0.3 is 144 Å². The number of carbonyl (C=O) groups is 22. The Morgan fingerprint density at radius 1 is 0.360 bits per heavy atom. The van der Waals surface area contributed by atoms with Crippen LogP contribution in [0, 0.1) is 17.8 Å². The number of aromatic amines is 1. The van der Waals surface area contributed by atoms with Crippen molar-refractivity contribution in [2.45, 2.75) is 281 Å². The fourth-order valence-electron chi connectivity index (χ4n) is 15.0. The van der Waals surface area contributed by atoms with E-state index < -0.39 is 321 Å². The lowest BCUT2D eigenvalue weighted by atomic mass is 9.96. The number of nitrogens with two attached hydrogens (primary N) is 4. The summed E-state index contributed by atoms with van der Waals surface area (Å²) >= 11 is 4.36. The van der Waals surface area contributed by atoms with Crippen molar-refractivity contribution in [3.05, 3.63) is 150 Å². The van der Waals surface area contributed by atoms with Crippen LogP contribution in [0.5, 0.6) is 11.5 Å². The summed E-state index contributed by atoms with van der Waals surface area (Å²) in [6, 6.07) is 0.163. The van der Waals surface area contributed by atoms with Crippen LogP contribution >= 0.6 is 12.6 Å². The van der Waals surface area contributed by atoms with Crippen molar-refractivity contribution >= 4 is 143 Å². The largest absolute Gasteiger partial charge is 0.508 e. The van der Waals surface area contributed by atoms with Crippen molar-refractivity contribution in [1.82, 2.24) is 100 Å². The third-order valence-corrected chi connectivity index (χ3v) is 24.4. The second-order valence-electron chi connectivity index (χ2n) is 36.9. The predicted molar refractivity (Wildman–Crippen MR) is 544 cm³/mol. The average molecular weight is 2120 g/mol. The lowest BCUT2D eigenvalue weighted by Crippen LogP contribution is -2.62.